The Kier molecular flexibility index (Phi) is 3.36. The molecule has 3 heterocycles. The Morgan fingerprint density at radius 1 is 1.38 bits per heavy atom. The average molecular weight is 321 g/mol. The third kappa shape index (κ3) is 3.08. The molecule has 3 aromatic heterocycles. The predicted octanol–water partition coefficient (Wildman–Crippen LogP) is 3.05. The van der Waals surface area contributed by atoms with Crippen LogP contribution in [0.15, 0.2) is 31.7 Å². The molecule has 1 saturated carbocycles. The first-order valence-electron chi connectivity index (χ1n) is 6.46. The minimum Gasteiger partial charge on any atom is -0.461 e. The number of thioether (sulfide) groups is 1. The molecule has 3 aromatic rings. The van der Waals surface area contributed by atoms with Crippen LogP contribution < -0.4 is 5.32 Å². The monoisotopic (exact) mass is 321 g/mol. The topological polar surface area (TPSA) is 89.9 Å². The average Bonchev–Trinajstić information content (AvgIpc) is 2.94. The number of furan rings is 1. The molecule has 1 aliphatic rings. The number of nitrogens with zero attached hydrogens (tertiary/aromatic N) is 4. The van der Waals surface area contributed by atoms with Gasteiger partial charge in [-0.25, -0.2) is 0 Å². The first kappa shape index (κ1) is 12.8. The smallest absolute Gasteiger partial charge is 0.238 e. The molecular formula is C12H11N5O2S2. The van der Waals surface area contributed by atoms with Gasteiger partial charge in [-0.05, 0) is 25.0 Å². The maximum absolute atomic E-state index is 5.22. The van der Waals surface area contributed by atoms with Gasteiger partial charge in [0.15, 0.2) is 10.1 Å². The molecule has 0 radical (unpaired) electrons. The number of anilines is 1. The lowest BCUT2D eigenvalue weighted by Crippen LogP contribution is -1.99. The van der Waals surface area contributed by atoms with Crippen molar-refractivity contribution >= 4 is 28.2 Å². The van der Waals surface area contributed by atoms with E-state index in [1.165, 1.54) is 24.6 Å². The summed E-state index contributed by atoms with van der Waals surface area (Å²) in [5, 5.41) is 16.3. The van der Waals surface area contributed by atoms with Crippen LogP contribution in [0.25, 0.3) is 11.6 Å². The van der Waals surface area contributed by atoms with Crippen molar-refractivity contribution in [3.63, 3.8) is 0 Å². The fraction of sp³-hybridized carbons (Fsp3) is 0.333. The molecule has 0 saturated heterocycles. The Balaban J connectivity index is 1.36. The van der Waals surface area contributed by atoms with E-state index in [4.69, 9.17) is 8.94 Å². The van der Waals surface area contributed by atoms with Gasteiger partial charge < -0.3 is 14.3 Å². The maximum atomic E-state index is 5.22. The molecule has 21 heavy (non-hydrogen) atoms. The summed E-state index contributed by atoms with van der Waals surface area (Å²) >= 11 is 3.08. The molecule has 9 heteroatoms. The standard InChI is InChI=1S/C12H11N5O2S2/c1-2-8(18-5-1)10-14-9(19-17-10)6-20-12-16-15-11(21-12)13-7-3-4-7/h1-2,5,7H,3-4,6H2,(H,13,15). The largest absolute Gasteiger partial charge is 0.461 e. The van der Waals surface area contributed by atoms with Crippen LogP contribution >= 0.6 is 23.1 Å². The molecular weight excluding hydrogens is 310 g/mol. The van der Waals surface area contributed by atoms with Gasteiger partial charge in [-0.15, -0.1) is 10.2 Å². The van der Waals surface area contributed by atoms with E-state index in [1.54, 1.807) is 29.7 Å². The number of aromatic nitrogens is 4. The summed E-state index contributed by atoms with van der Waals surface area (Å²) in [6.07, 6.45) is 4.02. The van der Waals surface area contributed by atoms with Gasteiger partial charge >= 0.3 is 0 Å². The molecule has 108 valence electrons. The van der Waals surface area contributed by atoms with Crippen LogP contribution in [0.3, 0.4) is 0 Å². The lowest BCUT2D eigenvalue weighted by atomic mass is 10.4. The molecule has 0 bridgehead atoms. The second kappa shape index (κ2) is 5.49. The van der Waals surface area contributed by atoms with Crippen LogP contribution in [0, 0.1) is 0 Å². The van der Waals surface area contributed by atoms with E-state index < -0.39 is 0 Å². The third-order valence-corrected chi connectivity index (χ3v) is 4.81. The van der Waals surface area contributed by atoms with E-state index in [2.05, 4.69) is 25.7 Å². The number of rotatable bonds is 6. The van der Waals surface area contributed by atoms with Crippen LogP contribution in [0.4, 0.5) is 5.13 Å². The van der Waals surface area contributed by atoms with Gasteiger partial charge in [-0.1, -0.05) is 28.3 Å². The second-order valence-corrected chi connectivity index (χ2v) is 6.77. The molecule has 1 aliphatic carbocycles. The first-order valence-corrected chi connectivity index (χ1v) is 8.26. The van der Waals surface area contributed by atoms with Crippen molar-refractivity contribution in [2.45, 2.75) is 29.0 Å². The minimum atomic E-state index is 0.462. The molecule has 7 nitrogen and oxygen atoms in total. The summed E-state index contributed by atoms with van der Waals surface area (Å²) in [6, 6.07) is 4.17. The molecule has 1 N–H and O–H groups in total. The highest BCUT2D eigenvalue weighted by Crippen LogP contribution is 2.31. The van der Waals surface area contributed by atoms with E-state index in [0.29, 0.717) is 29.3 Å². The highest BCUT2D eigenvalue weighted by Gasteiger charge is 2.22. The summed E-state index contributed by atoms with van der Waals surface area (Å²) in [4.78, 5) is 4.28. The van der Waals surface area contributed by atoms with Gasteiger partial charge in [-0.2, -0.15) is 4.98 Å². The Hall–Kier alpha value is -1.87. The molecule has 0 atom stereocenters. The minimum absolute atomic E-state index is 0.462. The summed E-state index contributed by atoms with van der Waals surface area (Å²) in [5.74, 6) is 2.16. The summed E-state index contributed by atoms with van der Waals surface area (Å²) in [7, 11) is 0. The van der Waals surface area contributed by atoms with Gasteiger partial charge in [0.2, 0.25) is 16.8 Å². The van der Waals surface area contributed by atoms with E-state index >= 15 is 0 Å². The molecule has 0 aliphatic heterocycles. The van der Waals surface area contributed by atoms with Crippen molar-refractivity contribution in [3.8, 4) is 11.6 Å². The molecule has 0 unspecified atom stereocenters. The van der Waals surface area contributed by atoms with Crippen LogP contribution in [-0.2, 0) is 5.75 Å². The van der Waals surface area contributed by atoms with Crippen molar-refractivity contribution in [1.29, 1.82) is 0 Å². The predicted molar refractivity (Wildman–Crippen MR) is 78.1 cm³/mol. The highest BCUT2D eigenvalue weighted by molar-refractivity contribution is 8.00. The molecule has 0 amide bonds. The van der Waals surface area contributed by atoms with Gasteiger partial charge in [0.25, 0.3) is 0 Å². The molecule has 0 aromatic carbocycles. The normalized spacial score (nSPS) is 14.5. The summed E-state index contributed by atoms with van der Waals surface area (Å²) in [6.45, 7) is 0. The summed E-state index contributed by atoms with van der Waals surface area (Å²) in [5.41, 5.74) is 0. The fourth-order valence-corrected chi connectivity index (χ4v) is 3.34. The van der Waals surface area contributed by atoms with Gasteiger partial charge in [0, 0.05) is 6.04 Å². The summed E-state index contributed by atoms with van der Waals surface area (Å²) < 4.78 is 11.3. The molecule has 4 rings (SSSR count). The highest BCUT2D eigenvalue weighted by atomic mass is 32.2. The van der Waals surface area contributed by atoms with Crippen LogP contribution in [0.1, 0.15) is 18.7 Å². The van der Waals surface area contributed by atoms with Crippen molar-refractivity contribution < 1.29 is 8.94 Å². The number of hydrogen-bond donors (Lipinski definition) is 1. The van der Waals surface area contributed by atoms with Gasteiger partial charge in [-0.3, -0.25) is 0 Å². The SMILES string of the molecule is c1coc(-c2noc(CSc3nnc(NC4CC4)s3)n2)c1. The number of nitrogens with one attached hydrogen (secondary N) is 1. The van der Waals surface area contributed by atoms with Crippen molar-refractivity contribution in [3.05, 3.63) is 24.3 Å². The van der Waals surface area contributed by atoms with Gasteiger partial charge in [0.05, 0.1) is 12.0 Å². The maximum Gasteiger partial charge on any atom is 0.238 e. The van der Waals surface area contributed by atoms with E-state index in [9.17, 15) is 0 Å². The Labute approximate surface area is 128 Å². The quantitative estimate of drug-likeness (QED) is 0.693. The van der Waals surface area contributed by atoms with Crippen LogP contribution in [0.5, 0.6) is 0 Å². The zero-order valence-corrected chi connectivity index (χ0v) is 12.5. The van der Waals surface area contributed by atoms with Crippen molar-refractivity contribution in [2.24, 2.45) is 0 Å². The number of hydrogen-bond acceptors (Lipinski definition) is 9. The van der Waals surface area contributed by atoms with E-state index in [1.807, 2.05) is 0 Å². The third-order valence-electron chi connectivity index (χ3n) is 2.84. The molecule has 0 spiro atoms. The van der Waals surface area contributed by atoms with E-state index in [-0.39, 0.29) is 0 Å². The Bertz CT molecular complexity index is 720. The Morgan fingerprint density at radius 3 is 3.14 bits per heavy atom. The van der Waals surface area contributed by atoms with Gasteiger partial charge in [0.1, 0.15) is 0 Å². The van der Waals surface area contributed by atoms with Crippen LogP contribution in [-0.4, -0.2) is 26.4 Å². The molecule has 1 fully saturated rings. The van der Waals surface area contributed by atoms with E-state index in [0.717, 1.165) is 9.47 Å². The second-order valence-electron chi connectivity index (χ2n) is 4.57. The zero-order valence-electron chi connectivity index (χ0n) is 10.9. The zero-order chi connectivity index (χ0) is 14.1. The van der Waals surface area contributed by atoms with Crippen LogP contribution in [0.2, 0.25) is 0 Å². The Morgan fingerprint density at radius 2 is 2.33 bits per heavy atom. The van der Waals surface area contributed by atoms with Crippen molar-refractivity contribution in [1.82, 2.24) is 20.3 Å². The van der Waals surface area contributed by atoms with Crippen molar-refractivity contribution in [2.75, 3.05) is 5.32 Å². The lowest BCUT2D eigenvalue weighted by molar-refractivity contribution is 0.390. The fourth-order valence-electron chi connectivity index (χ4n) is 1.67. The first-order chi connectivity index (χ1) is 10.4. The lowest BCUT2D eigenvalue weighted by Gasteiger charge is -1.94.